The number of hydrogen-bond acceptors (Lipinski definition) is 6. The number of rotatable bonds is 3. The largest absolute Gasteiger partial charge is 0.477 e. The summed E-state index contributed by atoms with van der Waals surface area (Å²) in [6.07, 6.45) is -1.68. The number of ether oxygens (including phenoxy) is 1. The molecule has 2 aromatic rings. The van der Waals surface area contributed by atoms with Crippen LogP contribution in [0.4, 0.5) is 0 Å². The van der Waals surface area contributed by atoms with Gasteiger partial charge in [0.1, 0.15) is 18.0 Å². The van der Waals surface area contributed by atoms with Crippen molar-refractivity contribution in [2.75, 3.05) is 5.75 Å². The van der Waals surface area contributed by atoms with Crippen LogP contribution in [0.1, 0.15) is 0 Å². The highest BCUT2D eigenvalue weighted by Gasteiger charge is 2.38. The molecule has 1 aromatic carbocycles. The second-order valence-corrected chi connectivity index (χ2v) is 6.82. The minimum atomic E-state index is -1.21. The van der Waals surface area contributed by atoms with Crippen molar-refractivity contribution < 1.29 is 20.1 Å². The molecule has 0 amide bonds. The molecule has 3 rings (SSSR count). The van der Waals surface area contributed by atoms with Gasteiger partial charge in [0.05, 0.1) is 11.8 Å². The van der Waals surface area contributed by atoms with Crippen molar-refractivity contribution in [1.29, 1.82) is 0 Å². The van der Waals surface area contributed by atoms with Gasteiger partial charge in [-0.2, -0.15) is 0 Å². The molecule has 0 saturated carbocycles. The van der Waals surface area contributed by atoms with Crippen molar-refractivity contribution in [3.05, 3.63) is 47.6 Å². The molecule has 0 unspecified atom stereocenters. The Kier molecular flexibility index (Phi) is 5.08. The van der Waals surface area contributed by atoms with E-state index in [-0.39, 0.29) is 0 Å². The SMILES string of the molecule is O[C@@H]1[C@@H](O)[C@H](Oc2cccc(-c3cc(Cl)ccn3)c2)SC[C@H]1O. The third kappa shape index (κ3) is 3.79. The Morgan fingerprint density at radius 1 is 1.13 bits per heavy atom. The summed E-state index contributed by atoms with van der Waals surface area (Å²) in [6.45, 7) is 0. The molecule has 1 aliphatic rings. The molecule has 0 spiro atoms. The molecular weight excluding hydrogens is 338 g/mol. The molecule has 0 aliphatic carbocycles. The molecule has 1 saturated heterocycles. The van der Waals surface area contributed by atoms with E-state index in [0.717, 1.165) is 11.3 Å². The molecule has 4 atom stereocenters. The summed E-state index contributed by atoms with van der Waals surface area (Å²) in [5.41, 5.74) is 0.909. The standard InChI is InChI=1S/C16H16ClNO4S/c17-10-4-5-18-12(7-10)9-2-1-3-11(6-9)22-16-15(21)14(20)13(19)8-23-16/h1-7,13-16,19-21H,8H2/t13-,14+,15-,16-/m1/s1. The van der Waals surface area contributed by atoms with Crippen molar-refractivity contribution >= 4 is 23.4 Å². The number of nitrogens with zero attached hydrogens (tertiary/aromatic N) is 1. The average molecular weight is 354 g/mol. The minimum absolute atomic E-state index is 0.304. The van der Waals surface area contributed by atoms with Gasteiger partial charge in [0.15, 0.2) is 5.44 Å². The summed E-state index contributed by atoms with van der Waals surface area (Å²) in [5.74, 6) is 0.850. The summed E-state index contributed by atoms with van der Waals surface area (Å²) < 4.78 is 5.76. The molecule has 0 bridgehead atoms. The topological polar surface area (TPSA) is 82.8 Å². The first-order valence-electron chi connectivity index (χ1n) is 7.09. The molecule has 23 heavy (non-hydrogen) atoms. The summed E-state index contributed by atoms with van der Waals surface area (Å²) >= 11 is 7.24. The Morgan fingerprint density at radius 3 is 2.74 bits per heavy atom. The summed E-state index contributed by atoms with van der Waals surface area (Å²) in [5, 5.41) is 29.9. The Labute approximate surface area is 142 Å². The molecule has 1 aromatic heterocycles. The van der Waals surface area contributed by atoms with Crippen LogP contribution in [0, 0.1) is 0 Å². The monoisotopic (exact) mass is 353 g/mol. The van der Waals surface area contributed by atoms with Gasteiger partial charge in [0.25, 0.3) is 0 Å². The Morgan fingerprint density at radius 2 is 1.96 bits per heavy atom. The lowest BCUT2D eigenvalue weighted by molar-refractivity contribution is -0.0786. The summed E-state index contributed by atoms with van der Waals surface area (Å²) in [6, 6.07) is 10.7. The van der Waals surface area contributed by atoms with Gasteiger partial charge in [-0.3, -0.25) is 4.98 Å². The predicted octanol–water partition coefficient (Wildman–Crippen LogP) is 1.94. The molecule has 7 heteroatoms. The van der Waals surface area contributed by atoms with Gasteiger partial charge < -0.3 is 20.1 Å². The lowest BCUT2D eigenvalue weighted by Gasteiger charge is -2.34. The van der Waals surface area contributed by atoms with E-state index in [2.05, 4.69) is 4.98 Å². The molecule has 0 radical (unpaired) electrons. The second kappa shape index (κ2) is 7.07. The van der Waals surface area contributed by atoms with Crippen LogP contribution in [0.25, 0.3) is 11.3 Å². The first-order chi connectivity index (χ1) is 11.0. The van der Waals surface area contributed by atoms with Gasteiger partial charge in [-0.15, -0.1) is 11.8 Å². The number of benzene rings is 1. The number of aliphatic hydroxyl groups is 3. The molecule has 1 aliphatic heterocycles. The third-order valence-electron chi connectivity index (χ3n) is 3.56. The maximum atomic E-state index is 10.0. The van der Waals surface area contributed by atoms with E-state index in [1.54, 1.807) is 30.5 Å². The van der Waals surface area contributed by atoms with Crippen LogP contribution in [0.2, 0.25) is 5.02 Å². The van der Waals surface area contributed by atoms with Crippen molar-refractivity contribution in [2.45, 2.75) is 23.7 Å². The molecule has 3 N–H and O–H groups in total. The van der Waals surface area contributed by atoms with Crippen LogP contribution in [-0.2, 0) is 0 Å². The summed E-state index contributed by atoms with van der Waals surface area (Å²) in [7, 11) is 0. The minimum Gasteiger partial charge on any atom is -0.477 e. The fourth-order valence-electron chi connectivity index (χ4n) is 2.31. The van der Waals surface area contributed by atoms with Crippen LogP contribution >= 0.6 is 23.4 Å². The van der Waals surface area contributed by atoms with Gasteiger partial charge in [0.2, 0.25) is 0 Å². The third-order valence-corrected chi connectivity index (χ3v) is 5.03. The molecular formula is C16H16ClNO4S. The van der Waals surface area contributed by atoms with Gasteiger partial charge in [-0.1, -0.05) is 23.7 Å². The van der Waals surface area contributed by atoms with Crippen molar-refractivity contribution in [3.63, 3.8) is 0 Å². The van der Waals surface area contributed by atoms with E-state index < -0.39 is 23.7 Å². The molecule has 2 heterocycles. The highest BCUT2D eigenvalue weighted by atomic mass is 35.5. The maximum absolute atomic E-state index is 10.0. The number of halogens is 1. The van der Waals surface area contributed by atoms with Crippen LogP contribution in [0.15, 0.2) is 42.6 Å². The highest BCUT2D eigenvalue weighted by molar-refractivity contribution is 7.99. The Bertz CT molecular complexity index is 687. The second-order valence-electron chi connectivity index (χ2n) is 5.26. The average Bonchev–Trinajstić information content (AvgIpc) is 2.56. The van der Waals surface area contributed by atoms with Crippen molar-refractivity contribution in [1.82, 2.24) is 4.98 Å². The number of thioether (sulfide) groups is 1. The van der Waals surface area contributed by atoms with Crippen molar-refractivity contribution in [2.24, 2.45) is 0 Å². The van der Waals surface area contributed by atoms with Crippen LogP contribution in [0.5, 0.6) is 5.75 Å². The first-order valence-corrected chi connectivity index (χ1v) is 8.52. The lowest BCUT2D eigenvalue weighted by atomic mass is 10.1. The van der Waals surface area contributed by atoms with Crippen LogP contribution < -0.4 is 4.74 Å². The van der Waals surface area contributed by atoms with E-state index >= 15 is 0 Å². The number of aromatic nitrogens is 1. The zero-order valence-electron chi connectivity index (χ0n) is 12.0. The Balaban J connectivity index is 1.78. The lowest BCUT2D eigenvalue weighted by Crippen LogP contribution is -2.50. The van der Waals surface area contributed by atoms with Crippen molar-refractivity contribution in [3.8, 4) is 17.0 Å². The highest BCUT2D eigenvalue weighted by Crippen LogP contribution is 2.31. The van der Waals surface area contributed by atoms with E-state index in [1.165, 1.54) is 11.8 Å². The molecule has 1 fully saturated rings. The van der Waals surface area contributed by atoms with Gasteiger partial charge in [-0.05, 0) is 24.3 Å². The van der Waals surface area contributed by atoms with Gasteiger partial charge in [0, 0.05) is 22.5 Å². The number of hydrogen-bond donors (Lipinski definition) is 3. The van der Waals surface area contributed by atoms with E-state index in [9.17, 15) is 15.3 Å². The predicted molar refractivity (Wildman–Crippen MR) is 89.6 cm³/mol. The van der Waals surface area contributed by atoms with Gasteiger partial charge >= 0.3 is 0 Å². The fraction of sp³-hybridized carbons (Fsp3) is 0.312. The first kappa shape index (κ1) is 16.5. The number of aliphatic hydroxyl groups excluding tert-OH is 3. The summed E-state index contributed by atoms with van der Waals surface area (Å²) in [4.78, 5) is 4.27. The molecule has 5 nitrogen and oxygen atoms in total. The Hall–Kier alpha value is -1.31. The van der Waals surface area contributed by atoms with E-state index in [0.29, 0.717) is 16.5 Å². The quantitative estimate of drug-likeness (QED) is 0.782. The van der Waals surface area contributed by atoms with Crippen LogP contribution in [-0.4, -0.2) is 49.8 Å². The smallest absolute Gasteiger partial charge is 0.173 e. The zero-order valence-corrected chi connectivity index (χ0v) is 13.6. The van der Waals surface area contributed by atoms with E-state index in [4.69, 9.17) is 16.3 Å². The van der Waals surface area contributed by atoms with E-state index in [1.807, 2.05) is 12.1 Å². The fourth-order valence-corrected chi connectivity index (χ4v) is 3.59. The normalized spacial score (nSPS) is 27.7. The zero-order chi connectivity index (χ0) is 16.4. The van der Waals surface area contributed by atoms with Gasteiger partial charge in [-0.25, -0.2) is 0 Å². The van der Waals surface area contributed by atoms with Crippen LogP contribution in [0.3, 0.4) is 0 Å². The molecule has 122 valence electrons. The maximum Gasteiger partial charge on any atom is 0.173 e. The number of pyridine rings is 1.